The molecule has 0 bridgehead atoms. The van der Waals surface area contributed by atoms with Gasteiger partial charge in [-0.15, -0.1) is 0 Å². The fourth-order valence-corrected chi connectivity index (χ4v) is 6.72. The number of nitrogens with zero attached hydrogens (tertiary/aromatic N) is 2. The first-order valence-corrected chi connectivity index (χ1v) is 16.5. The second-order valence-corrected chi connectivity index (χ2v) is 12.2. The lowest BCUT2D eigenvalue weighted by molar-refractivity contribution is 0.103. The number of anilines is 6. The Morgan fingerprint density at radius 1 is 0.400 bits per heavy atom. The maximum Gasteiger partial charge on any atom is 0.193 e. The van der Waals surface area contributed by atoms with Gasteiger partial charge in [-0.3, -0.25) is 4.79 Å². The van der Waals surface area contributed by atoms with Gasteiger partial charge in [0.05, 0.1) is 22.7 Å². The number of carbonyl (C=O) groups is 1. The van der Waals surface area contributed by atoms with Gasteiger partial charge in [-0.2, -0.15) is 0 Å². The van der Waals surface area contributed by atoms with E-state index in [1.165, 1.54) is 0 Å². The summed E-state index contributed by atoms with van der Waals surface area (Å²) in [5.74, 6) is 3.15. The van der Waals surface area contributed by atoms with Crippen LogP contribution in [-0.2, 0) is 0 Å². The van der Waals surface area contributed by atoms with E-state index in [1.54, 1.807) is 0 Å². The molecule has 50 heavy (non-hydrogen) atoms. The molecule has 9 rings (SSSR count). The molecule has 0 aliphatic carbocycles. The average Bonchev–Trinajstić information content (AvgIpc) is 3.18. The predicted molar refractivity (Wildman–Crippen MR) is 200 cm³/mol. The van der Waals surface area contributed by atoms with Gasteiger partial charge < -0.3 is 19.3 Å². The van der Waals surface area contributed by atoms with Crippen molar-refractivity contribution in [2.45, 2.75) is 0 Å². The van der Waals surface area contributed by atoms with Crippen LogP contribution < -0.4 is 19.3 Å². The minimum atomic E-state index is -0.0472. The molecule has 2 heterocycles. The van der Waals surface area contributed by atoms with Crippen LogP contribution in [0.1, 0.15) is 27.0 Å². The zero-order valence-electron chi connectivity index (χ0n) is 27.0. The summed E-state index contributed by atoms with van der Waals surface area (Å²) in [6, 6.07) is 55.8. The Morgan fingerprint density at radius 3 is 1.22 bits per heavy atom. The minimum absolute atomic E-state index is 0.0472. The van der Waals surface area contributed by atoms with E-state index in [0.29, 0.717) is 11.1 Å². The molecule has 7 aromatic carbocycles. The van der Waals surface area contributed by atoms with E-state index in [1.807, 2.05) is 133 Å². The van der Waals surface area contributed by atoms with E-state index in [-0.39, 0.29) is 5.78 Å². The van der Waals surface area contributed by atoms with Crippen LogP contribution in [0.15, 0.2) is 176 Å². The van der Waals surface area contributed by atoms with Crippen LogP contribution in [0.2, 0.25) is 0 Å². The van der Waals surface area contributed by atoms with E-state index >= 15 is 0 Å². The van der Waals surface area contributed by atoms with Crippen molar-refractivity contribution in [3.05, 3.63) is 199 Å². The van der Waals surface area contributed by atoms with E-state index < -0.39 is 0 Å². The molecule has 5 heteroatoms. The monoisotopic (exact) mass is 646 g/mol. The van der Waals surface area contributed by atoms with Crippen LogP contribution in [0.3, 0.4) is 0 Å². The van der Waals surface area contributed by atoms with Gasteiger partial charge in [0.2, 0.25) is 0 Å². The molecule has 5 nitrogen and oxygen atoms in total. The number of benzene rings is 7. The maximum absolute atomic E-state index is 13.8. The van der Waals surface area contributed by atoms with Crippen molar-refractivity contribution in [2.75, 3.05) is 9.80 Å². The van der Waals surface area contributed by atoms with Crippen molar-refractivity contribution < 1.29 is 14.3 Å². The first-order chi connectivity index (χ1) is 24.6. The lowest BCUT2D eigenvalue weighted by Gasteiger charge is -2.32. The van der Waals surface area contributed by atoms with Gasteiger partial charge in [0.25, 0.3) is 0 Å². The number of fused-ring (bicyclic) bond motifs is 4. The van der Waals surface area contributed by atoms with Crippen LogP contribution >= 0.6 is 0 Å². The highest BCUT2D eigenvalue weighted by Crippen LogP contribution is 2.51. The van der Waals surface area contributed by atoms with E-state index in [9.17, 15) is 4.79 Å². The van der Waals surface area contributed by atoms with E-state index in [2.05, 4.69) is 52.8 Å². The van der Waals surface area contributed by atoms with Crippen LogP contribution in [0.4, 0.5) is 34.1 Å². The SMILES string of the molecule is C=C(c1ccc(N2c3ccccc3Oc3ccccc32)cc1)c1cccc(C(=O)c2ccc(N3c4ccccc4Oc4ccccc43)cc2)c1. The van der Waals surface area contributed by atoms with Crippen LogP contribution in [-0.4, -0.2) is 5.78 Å². The number of para-hydroxylation sites is 8. The topological polar surface area (TPSA) is 42.0 Å². The van der Waals surface area contributed by atoms with Crippen molar-refractivity contribution in [1.29, 1.82) is 0 Å². The van der Waals surface area contributed by atoms with Gasteiger partial charge in [0.15, 0.2) is 28.8 Å². The lowest BCUT2D eigenvalue weighted by atomic mass is 9.95. The van der Waals surface area contributed by atoms with Crippen LogP contribution in [0.25, 0.3) is 5.57 Å². The van der Waals surface area contributed by atoms with E-state index in [4.69, 9.17) is 9.47 Å². The largest absolute Gasteiger partial charge is 0.453 e. The maximum atomic E-state index is 13.8. The smallest absolute Gasteiger partial charge is 0.193 e. The standard InChI is InChI=1S/C45H30N2O3/c1-30(31-21-25-35(26-22-31)46-37-13-2-6-17-41(37)49-42-18-7-3-14-38(42)46)33-11-10-12-34(29-33)45(48)32-23-27-36(28-24-32)47-39-15-4-8-19-43(39)50-44-20-9-5-16-40(44)47/h2-29H,1H2. The zero-order valence-corrected chi connectivity index (χ0v) is 27.0. The van der Waals surface area contributed by atoms with Crippen molar-refractivity contribution in [1.82, 2.24) is 0 Å². The number of ketones is 1. The van der Waals surface area contributed by atoms with Gasteiger partial charge in [0, 0.05) is 22.5 Å². The quantitative estimate of drug-likeness (QED) is 0.168. The van der Waals surface area contributed by atoms with Crippen molar-refractivity contribution in [3.63, 3.8) is 0 Å². The molecule has 0 fully saturated rings. The average molecular weight is 647 g/mol. The van der Waals surface area contributed by atoms with Crippen molar-refractivity contribution >= 4 is 45.5 Å². The second-order valence-electron chi connectivity index (χ2n) is 12.2. The summed E-state index contributed by atoms with van der Waals surface area (Å²) >= 11 is 0. The second kappa shape index (κ2) is 12.0. The van der Waals surface area contributed by atoms with Crippen molar-refractivity contribution in [3.8, 4) is 23.0 Å². The van der Waals surface area contributed by atoms with Gasteiger partial charge >= 0.3 is 0 Å². The summed E-state index contributed by atoms with van der Waals surface area (Å²) < 4.78 is 12.3. The molecule has 0 amide bonds. The summed E-state index contributed by atoms with van der Waals surface area (Å²) in [6.45, 7) is 4.42. The number of ether oxygens (including phenoxy) is 2. The lowest BCUT2D eigenvalue weighted by Crippen LogP contribution is -2.15. The van der Waals surface area contributed by atoms with Crippen molar-refractivity contribution in [2.24, 2.45) is 0 Å². The molecule has 0 radical (unpaired) electrons. The van der Waals surface area contributed by atoms with Crippen LogP contribution in [0.5, 0.6) is 23.0 Å². The molecule has 0 atom stereocenters. The molecule has 0 N–H and O–H groups in total. The number of rotatable bonds is 6. The highest BCUT2D eigenvalue weighted by Gasteiger charge is 2.27. The zero-order chi connectivity index (χ0) is 33.6. The molecule has 0 aromatic heterocycles. The summed E-state index contributed by atoms with van der Waals surface area (Å²) in [7, 11) is 0. The highest BCUT2D eigenvalue weighted by molar-refractivity contribution is 6.09. The molecule has 238 valence electrons. The van der Waals surface area contributed by atoms with Gasteiger partial charge in [-0.05, 0) is 108 Å². The summed E-state index contributed by atoms with van der Waals surface area (Å²) in [6.07, 6.45) is 0. The Balaban J connectivity index is 0.969. The third-order valence-electron chi connectivity index (χ3n) is 9.20. The molecular formula is C45H30N2O3. The normalized spacial score (nSPS) is 12.4. The highest BCUT2D eigenvalue weighted by atomic mass is 16.5. The fraction of sp³-hybridized carbons (Fsp3) is 0. The number of hydrogen-bond donors (Lipinski definition) is 0. The Kier molecular flexibility index (Phi) is 7.03. The third kappa shape index (κ3) is 5.00. The Morgan fingerprint density at radius 2 is 0.780 bits per heavy atom. The number of hydrogen-bond acceptors (Lipinski definition) is 5. The Bertz CT molecular complexity index is 2170. The first kappa shape index (κ1) is 29.3. The minimum Gasteiger partial charge on any atom is -0.453 e. The molecule has 0 unspecified atom stereocenters. The fourth-order valence-electron chi connectivity index (χ4n) is 6.72. The molecular weight excluding hydrogens is 617 g/mol. The molecule has 0 saturated heterocycles. The van der Waals surface area contributed by atoms with Gasteiger partial charge in [-0.1, -0.05) is 85.4 Å². The Labute approximate surface area is 290 Å². The van der Waals surface area contributed by atoms with Crippen LogP contribution in [0, 0.1) is 0 Å². The molecule has 0 spiro atoms. The van der Waals surface area contributed by atoms with Gasteiger partial charge in [-0.25, -0.2) is 0 Å². The summed E-state index contributed by atoms with van der Waals surface area (Å²) in [5, 5.41) is 0. The molecule has 0 saturated carbocycles. The summed E-state index contributed by atoms with van der Waals surface area (Å²) in [5.41, 5.74) is 9.75. The Hall–Kier alpha value is -6.85. The molecule has 2 aliphatic heterocycles. The molecule has 2 aliphatic rings. The number of carbonyl (C=O) groups excluding carboxylic acids is 1. The van der Waals surface area contributed by atoms with E-state index in [0.717, 1.165) is 73.8 Å². The molecule has 7 aromatic rings. The van der Waals surface area contributed by atoms with Gasteiger partial charge in [0.1, 0.15) is 0 Å². The predicted octanol–water partition coefficient (Wildman–Crippen LogP) is 12.1. The third-order valence-corrected chi connectivity index (χ3v) is 9.20. The summed E-state index contributed by atoms with van der Waals surface area (Å²) in [4.78, 5) is 18.2. The first-order valence-electron chi connectivity index (χ1n) is 16.5.